The first-order chi connectivity index (χ1) is 9.10. The largest absolute Gasteiger partial charge is 0.492 e. The second-order valence-electron chi connectivity index (χ2n) is 4.29. The van der Waals surface area contributed by atoms with Gasteiger partial charge >= 0.3 is 0 Å². The summed E-state index contributed by atoms with van der Waals surface area (Å²) in [5.74, 6) is 0.315. The van der Waals surface area contributed by atoms with Crippen molar-refractivity contribution in [1.82, 2.24) is 0 Å². The van der Waals surface area contributed by atoms with Crippen LogP contribution in [0.5, 0.6) is 5.75 Å². The van der Waals surface area contributed by atoms with E-state index in [0.717, 1.165) is 11.3 Å². The monoisotopic (exact) mass is 260 g/mol. The van der Waals surface area contributed by atoms with Crippen LogP contribution >= 0.6 is 0 Å². The lowest BCUT2D eigenvalue weighted by Crippen LogP contribution is -1.99. The Bertz CT molecular complexity index is 584. The second kappa shape index (κ2) is 5.61. The summed E-state index contributed by atoms with van der Waals surface area (Å²) in [6, 6.07) is 10.3. The maximum absolute atomic E-state index is 13.7. The fraction of sp³-hybridized carbons (Fsp3) is 0.200. The maximum Gasteiger partial charge on any atom is 0.146 e. The first kappa shape index (κ1) is 13.2. The highest BCUT2D eigenvalue weighted by atomic mass is 19.1. The molecule has 0 aromatic heterocycles. The zero-order valence-electron chi connectivity index (χ0n) is 11.0. The van der Waals surface area contributed by atoms with Crippen LogP contribution in [0.15, 0.2) is 36.4 Å². The highest BCUT2D eigenvalue weighted by molar-refractivity contribution is 5.67. The summed E-state index contributed by atoms with van der Waals surface area (Å²) in [6.45, 7) is 4.27. The number of anilines is 3. The van der Waals surface area contributed by atoms with Crippen molar-refractivity contribution in [2.24, 2.45) is 0 Å². The third kappa shape index (κ3) is 3.16. The molecule has 2 rings (SSSR count). The number of benzene rings is 2. The average Bonchev–Trinajstić information content (AvgIpc) is 2.37. The fourth-order valence-electron chi connectivity index (χ4n) is 1.77. The number of nitrogens with one attached hydrogen (secondary N) is 1. The van der Waals surface area contributed by atoms with Crippen LogP contribution < -0.4 is 15.8 Å². The molecule has 0 amide bonds. The molecule has 0 aliphatic carbocycles. The van der Waals surface area contributed by atoms with Crippen LogP contribution in [0.3, 0.4) is 0 Å². The topological polar surface area (TPSA) is 47.3 Å². The lowest BCUT2D eigenvalue weighted by molar-refractivity contribution is 0.342. The molecule has 19 heavy (non-hydrogen) atoms. The minimum atomic E-state index is -0.283. The minimum absolute atomic E-state index is 0.283. The Morgan fingerprint density at radius 1 is 1.21 bits per heavy atom. The van der Waals surface area contributed by atoms with Gasteiger partial charge in [-0.15, -0.1) is 0 Å². The molecule has 0 fully saturated rings. The van der Waals surface area contributed by atoms with Gasteiger partial charge in [-0.25, -0.2) is 4.39 Å². The van der Waals surface area contributed by atoms with Gasteiger partial charge in [0.2, 0.25) is 0 Å². The van der Waals surface area contributed by atoms with Crippen molar-refractivity contribution in [3.05, 3.63) is 47.8 Å². The van der Waals surface area contributed by atoms with Gasteiger partial charge in [-0.2, -0.15) is 0 Å². The Balaban J connectivity index is 2.25. The van der Waals surface area contributed by atoms with Gasteiger partial charge in [-0.05, 0) is 43.7 Å². The Kier molecular flexibility index (Phi) is 3.90. The van der Waals surface area contributed by atoms with Gasteiger partial charge in [0.05, 0.1) is 18.0 Å². The van der Waals surface area contributed by atoms with Crippen molar-refractivity contribution in [2.45, 2.75) is 13.8 Å². The predicted molar refractivity (Wildman–Crippen MR) is 76.4 cm³/mol. The molecule has 2 aromatic carbocycles. The van der Waals surface area contributed by atoms with Crippen LogP contribution in [-0.2, 0) is 0 Å². The molecule has 0 spiro atoms. The number of hydrogen-bond donors (Lipinski definition) is 2. The third-order valence-corrected chi connectivity index (χ3v) is 2.72. The number of ether oxygens (including phenoxy) is 1. The quantitative estimate of drug-likeness (QED) is 0.821. The van der Waals surface area contributed by atoms with Crippen molar-refractivity contribution < 1.29 is 9.13 Å². The van der Waals surface area contributed by atoms with E-state index >= 15 is 0 Å². The molecular formula is C15H17FN2O. The first-order valence-corrected chi connectivity index (χ1v) is 6.15. The number of halogens is 1. The number of nitrogens with two attached hydrogens (primary N) is 1. The summed E-state index contributed by atoms with van der Waals surface area (Å²) in [5.41, 5.74) is 8.41. The van der Waals surface area contributed by atoms with E-state index in [9.17, 15) is 4.39 Å². The van der Waals surface area contributed by atoms with Crippen LogP contribution in [0.4, 0.5) is 21.5 Å². The second-order valence-corrected chi connectivity index (χ2v) is 4.29. The van der Waals surface area contributed by atoms with Crippen molar-refractivity contribution in [2.75, 3.05) is 17.7 Å². The molecule has 0 saturated carbocycles. The molecule has 0 heterocycles. The molecule has 3 N–H and O–H groups in total. The summed E-state index contributed by atoms with van der Waals surface area (Å²) in [5, 5.41) is 3.01. The highest BCUT2D eigenvalue weighted by Crippen LogP contribution is 2.28. The molecule has 4 heteroatoms. The Morgan fingerprint density at radius 3 is 2.68 bits per heavy atom. The molecule has 0 bridgehead atoms. The van der Waals surface area contributed by atoms with Crippen LogP contribution in [0.25, 0.3) is 0 Å². The third-order valence-electron chi connectivity index (χ3n) is 2.72. The van der Waals surface area contributed by atoms with E-state index in [2.05, 4.69) is 5.32 Å². The van der Waals surface area contributed by atoms with E-state index in [4.69, 9.17) is 10.5 Å². The van der Waals surface area contributed by atoms with E-state index in [1.807, 2.05) is 19.9 Å². The summed E-state index contributed by atoms with van der Waals surface area (Å²) in [4.78, 5) is 0. The summed E-state index contributed by atoms with van der Waals surface area (Å²) in [6.07, 6.45) is 0. The Hall–Kier alpha value is -2.23. The standard InChI is InChI=1S/C15H17FN2O/c1-3-19-15-9-11(5-6-13(15)17)18-14-7-4-10(2)8-12(14)16/h4-9,18H,3,17H2,1-2H3. The van der Waals surface area contributed by atoms with Gasteiger partial charge < -0.3 is 15.8 Å². The maximum atomic E-state index is 13.7. The zero-order chi connectivity index (χ0) is 13.8. The van der Waals surface area contributed by atoms with E-state index in [1.54, 1.807) is 24.3 Å². The highest BCUT2D eigenvalue weighted by Gasteiger charge is 2.05. The molecule has 0 aliphatic heterocycles. The predicted octanol–water partition coefficient (Wildman–Crippen LogP) is 3.86. The van der Waals surface area contributed by atoms with E-state index < -0.39 is 0 Å². The first-order valence-electron chi connectivity index (χ1n) is 6.15. The number of nitrogen functional groups attached to an aromatic ring is 1. The Labute approximate surface area is 112 Å². The fourth-order valence-corrected chi connectivity index (χ4v) is 1.77. The van der Waals surface area contributed by atoms with Crippen LogP contribution in [0.1, 0.15) is 12.5 Å². The molecule has 0 saturated heterocycles. The van der Waals surface area contributed by atoms with Crippen LogP contribution in [-0.4, -0.2) is 6.61 Å². The molecule has 0 atom stereocenters. The lowest BCUT2D eigenvalue weighted by Gasteiger charge is -2.12. The molecule has 3 nitrogen and oxygen atoms in total. The van der Waals surface area contributed by atoms with Gasteiger partial charge in [0, 0.05) is 11.8 Å². The van der Waals surface area contributed by atoms with Gasteiger partial charge in [-0.3, -0.25) is 0 Å². The molecule has 100 valence electrons. The molecule has 0 unspecified atom stereocenters. The summed E-state index contributed by atoms with van der Waals surface area (Å²) < 4.78 is 19.2. The SMILES string of the molecule is CCOc1cc(Nc2ccc(C)cc2F)ccc1N. The lowest BCUT2D eigenvalue weighted by atomic mass is 10.2. The molecular weight excluding hydrogens is 243 g/mol. The van der Waals surface area contributed by atoms with Crippen LogP contribution in [0, 0.1) is 12.7 Å². The zero-order valence-corrected chi connectivity index (χ0v) is 11.0. The normalized spacial score (nSPS) is 10.3. The molecule has 0 radical (unpaired) electrons. The Morgan fingerprint density at radius 2 is 2.00 bits per heavy atom. The van der Waals surface area contributed by atoms with Gasteiger partial charge in [-0.1, -0.05) is 6.07 Å². The van der Waals surface area contributed by atoms with Crippen molar-refractivity contribution in [3.8, 4) is 5.75 Å². The molecule has 0 aliphatic rings. The minimum Gasteiger partial charge on any atom is -0.492 e. The van der Waals surface area contributed by atoms with E-state index in [-0.39, 0.29) is 5.82 Å². The molecule has 2 aromatic rings. The number of hydrogen-bond acceptors (Lipinski definition) is 3. The number of rotatable bonds is 4. The van der Waals surface area contributed by atoms with Crippen molar-refractivity contribution in [1.29, 1.82) is 0 Å². The van der Waals surface area contributed by atoms with Gasteiger partial charge in [0.15, 0.2) is 0 Å². The van der Waals surface area contributed by atoms with Gasteiger partial charge in [0.25, 0.3) is 0 Å². The van der Waals surface area contributed by atoms with E-state index in [1.165, 1.54) is 6.07 Å². The van der Waals surface area contributed by atoms with Gasteiger partial charge in [0.1, 0.15) is 11.6 Å². The van der Waals surface area contributed by atoms with Crippen molar-refractivity contribution in [3.63, 3.8) is 0 Å². The average molecular weight is 260 g/mol. The smallest absolute Gasteiger partial charge is 0.146 e. The van der Waals surface area contributed by atoms with Crippen molar-refractivity contribution >= 4 is 17.1 Å². The number of aryl methyl sites for hydroxylation is 1. The van der Waals surface area contributed by atoms with Crippen LogP contribution in [0.2, 0.25) is 0 Å². The summed E-state index contributed by atoms with van der Waals surface area (Å²) >= 11 is 0. The summed E-state index contributed by atoms with van der Waals surface area (Å²) in [7, 11) is 0. The van der Waals surface area contributed by atoms with E-state index in [0.29, 0.717) is 23.7 Å².